The van der Waals surface area contributed by atoms with Crippen molar-refractivity contribution in [3.63, 3.8) is 0 Å². The normalized spacial score (nSPS) is 11.8. The number of nitrogens with zero attached hydrogens (tertiary/aromatic N) is 4. The second-order valence-corrected chi connectivity index (χ2v) is 5.71. The Kier molecular flexibility index (Phi) is 5.25. The number of aromatic nitrogens is 4. The molecule has 0 spiro atoms. The van der Waals surface area contributed by atoms with Gasteiger partial charge in [0.25, 0.3) is 0 Å². The molecule has 0 unspecified atom stereocenters. The lowest BCUT2D eigenvalue weighted by Gasteiger charge is -2.28. The van der Waals surface area contributed by atoms with Gasteiger partial charge in [-0.25, -0.2) is 4.68 Å². The Morgan fingerprint density at radius 2 is 2.17 bits per heavy atom. The molecular weight excluding hydrogens is 230 g/mol. The van der Waals surface area contributed by atoms with Gasteiger partial charge in [0, 0.05) is 18.5 Å². The van der Waals surface area contributed by atoms with Gasteiger partial charge in [-0.1, -0.05) is 13.8 Å². The average molecular weight is 253 g/mol. The summed E-state index contributed by atoms with van der Waals surface area (Å²) in [6.07, 6.45) is 3.78. The Morgan fingerprint density at radius 1 is 1.44 bits per heavy atom. The van der Waals surface area contributed by atoms with Crippen LogP contribution in [0.3, 0.4) is 0 Å². The number of hydrogen-bond acceptors (Lipinski definition) is 4. The Morgan fingerprint density at radius 3 is 2.72 bits per heavy atom. The molecule has 0 aliphatic rings. The molecule has 1 aromatic heterocycles. The summed E-state index contributed by atoms with van der Waals surface area (Å²) in [5.74, 6) is 0.662. The molecule has 1 rings (SSSR count). The van der Waals surface area contributed by atoms with E-state index in [1.807, 2.05) is 0 Å². The lowest BCUT2D eigenvalue weighted by molar-refractivity contribution is -0.123. The molecule has 0 fully saturated rings. The largest absolute Gasteiger partial charge is 0.351 e. The third-order valence-electron chi connectivity index (χ3n) is 2.58. The predicted molar refractivity (Wildman–Crippen MR) is 68.7 cm³/mol. The molecule has 1 amide bonds. The Balaban J connectivity index is 2.24. The summed E-state index contributed by atoms with van der Waals surface area (Å²) >= 11 is 0. The zero-order valence-corrected chi connectivity index (χ0v) is 11.7. The zero-order valence-electron chi connectivity index (χ0n) is 11.7. The molecule has 6 nitrogen and oxygen atoms in total. The number of aryl methyl sites for hydroxylation is 1. The van der Waals surface area contributed by atoms with Gasteiger partial charge in [0.1, 0.15) is 6.33 Å². The van der Waals surface area contributed by atoms with Gasteiger partial charge in [-0.3, -0.25) is 4.79 Å². The van der Waals surface area contributed by atoms with Gasteiger partial charge in [0.15, 0.2) is 0 Å². The van der Waals surface area contributed by atoms with Gasteiger partial charge in [-0.2, -0.15) is 0 Å². The van der Waals surface area contributed by atoms with Gasteiger partial charge in [0.05, 0.1) is 0 Å². The van der Waals surface area contributed by atoms with E-state index >= 15 is 0 Å². The maximum Gasteiger partial charge on any atom is 0.220 e. The van der Waals surface area contributed by atoms with Crippen molar-refractivity contribution in [2.24, 2.45) is 5.92 Å². The molecule has 1 N–H and O–H groups in total. The van der Waals surface area contributed by atoms with Gasteiger partial charge in [-0.05, 0) is 43.0 Å². The maximum absolute atomic E-state index is 11.8. The number of carbonyl (C=O) groups excluding carboxylic acids is 1. The van der Waals surface area contributed by atoms with Crippen LogP contribution in [0, 0.1) is 5.92 Å². The van der Waals surface area contributed by atoms with Crippen LogP contribution < -0.4 is 5.32 Å². The lowest BCUT2D eigenvalue weighted by atomic mass is 9.92. The van der Waals surface area contributed by atoms with E-state index < -0.39 is 0 Å². The van der Waals surface area contributed by atoms with E-state index in [9.17, 15) is 4.79 Å². The first-order valence-corrected chi connectivity index (χ1v) is 6.41. The van der Waals surface area contributed by atoms with Crippen molar-refractivity contribution in [2.45, 2.75) is 59.0 Å². The van der Waals surface area contributed by atoms with Crippen molar-refractivity contribution in [3.8, 4) is 0 Å². The number of rotatable bonds is 7. The second kappa shape index (κ2) is 6.47. The highest BCUT2D eigenvalue weighted by Gasteiger charge is 2.21. The molecule has 0 aliphatic carbocycles. The van der Waals surface area contributed by atoms with Crippen LogP contribution in [0.5, 0.6) is 0 Å². The van der Waals surface area contributed by atoms with Crippen LogP contribution in [-0.2, 0) is 11.3 Å². The number of carbonyl (C=O) groups is 1. The van der Waals surface area contributed by atoms with E-state index in [-0.39, 0.29) is 11.4 Å². The first-order chi connectivity index (χ1) is 8.39. The van der Waals surface area contributed by atoms with E-state index in [4.69, 9.17) is 0 Å². The fraction of sp³-hybridized carbons (Fsp3) is 0.833. The van der Waals surface area contributed by atoms with Crippen LogP contribution in [0.2, 0.25) is 0 Å². The highest BCUT2D eigenvalue weighted by Crippen LogP contribution is 2.15. The van der Waals surface area contributed by atoms with Crippen molar-refractivity contribution in [1.82, 2.24) is 25.5 Å². The van der Waals surface area contributed by atoms with E-state index in [0.29, 0.717) is 18.9 Å². The SMILES string of the molecule is CC(C)CC(C)(C)NC(=O)CCCn1cnnn1. The van der Waals surface area contributed by atoms with Crippen LogP contribution >= 0.6 is 0 Å². The second-order valence-electron chi connectivity index (χ2n) is 5.71. The van der Waals surface area contributed by atoms with E-state index in [2.05, 4.69) is 48.5 Å². The average Bonchev–Trinajstić information content (AvgIpc) is 2.66. The first-order valence-electron chi connectivity index (χ1n) is 6.41. The molecule has 0 saturated heterocycles. The van der Waals surface area contributed by atoms with Crippen molar-refractivity contribution in [3.05, 3.63) is 6.33 Å². The molecule has 0 saturated carbocycles. The number of tetrazole rings is 1. The highest BCUT2D eigenvalue weighted by molar-refractivity contribution is 5.76. The molecule has 0 aromatic carbocycles. The fourth-order valence-electron chi connectivity index (χ4n) is 2.20. The molecule has 0 radical (unpaired) electrons. The minimum atomic E-state index is -0.139. The number of nitrogens with one attached hydrogen (secondary N) is 1. The molecule has 1 heterocycles. The van der Waals surface area contributed by atoms with Crippen LogP contribution in [-0.4, -0.2) is 31.7 Å². The molecular formula is C12H23N5O. The third-order valence-corrected chi connectivity index (χ3v) is 2.58. The van der Waals surface area contributed by atoms with Crippen molar-refractivity contribution >= 4 is 5.91 Å². The molecule has 0 aliphatic heterocycles. The molecule has 1 aromatic rings. The van der Waals surface area contributed by atoms with Crippen LogP contribution in [0.1, 0.15) is 47.0 Å². The molecule has 6 heteroatoms. The quantitative estimate of drug-likeness (QED) is 0.797. The Labute approximate surface area is 108 Å². The van der Waals surface area contributed by atoms with Crippen LogP contribution in [0.25, 0.3) is 0 Å². The smallest absolute Gasteiger partial charge is 0.220 e. The standard InChI is InChI=1S/C12H23N5O/c1-10(2)8-12(3,4)14-11(18)6-5-7-17-9-13-15-16-17/h9-10H,5-8H2,1-4H3,(H,14,18). The summed E-state index contributed by atoms with van der Waals surface area (Å²) in [5, 5.41) is 13.9. The van der Waals surface area contributed by atoms with Crippen molar-refractivity contribution < 1.29 is 4.79 Å². The highest BCUT2D eigenvalue weighted by atomic mass is 16.1. The minimum absolute atomic E-state index is 0.0914. The summed E-state index contributed by atoms with van der Waals surface area (Å²) in [4.78, 5) is 11.8. The summed E-state index contributed by atoms with van der Waals surface area (Å²) < 4.78 is 1.63. The first kappa shape index (κ1) is 14.6. The lowest BCUT2D eigenvalue weighted by Crippen LogP contribution is -2.44. The monoisotopic (exact) mass is 253 g/mol. The number of amides is 1. The summed E-state index contributed by atoms with van der Waals surface area (Å²) in [6, 6.07) is 0. The fourth-order valence-corrected chi connectivity index (χ4v) is 2.20. The third kappa shape index (κ3) is 5.75. The van der Waals surface area contributed by atoms with Crippen molar-refractivity contribution in [2.75, 3.05) is 0 Å². The van der Waals surface area contributed by atoms with E-state index in [1.54, 1.807) is 11.0 Å². The molecule has 102 valence electrons. The van der Waals surface area contributed by atoms with Gasteiger partial charge in [0.2, 0.25) is 5.91 Å². The molecule has 0 bridgehead atoms. The Bertz CT molecular complexity index is 359. The molecule has 0 atom stereocenters. The zero-order chi connectivity index (χ0) is 13.6. The minimum Gasteiger partial charge on any atom is -0.351 e. The van der Waals surface area contributed by atoms with Gasteiger partial charge >= 0.3 is 0 Å². The van der Waals surface area contributed by atoms with Crippen molar-refractivity contribution in [1.29, 1.82) is 0 Å². The predicted octanol–water partition coefficient (Wildman–Crippen LogP) is 1.39. The van der Waals surface area contributed by atoms with Gasteiger partial charge < -0.3 is 5.32 Å². The van der Waals surface area contributed by atoms with Crippen LogP contribution in [0.4, 0.5) is 0 Å². The van der Waals surface area contributed by atoms with E-state index in [1.165, 1.54) is 0 Å². The summed E-state index contributed by atoms with van der Waals surface area (Å²) in [7, 11) is 0. The van der Waals surface area contributed by atoms with Crippen LogP contribution in [0.15, 0.2) is 6.33 Å². The maximum atomic E-state index is 11.8. The summed E-state index contributed by atoms with van der Waals surface area (Å²) in [5.41, 5.74) is -0.139. The van der Waals surface area contributed by atoms with E-state index in [0.717, 1.165) is 12.8 Å². The number of hydrogen-bond donors (Lipinski definition) is 1. The molecule has 18 heavy (non-hydrogen) atoms. The Hall–Kier alpha value is -1.46. The topological polar surface area (TPSA) is 72.7 Å². The van der Waals surface area contributed by atoms with Gasteiger partial charge in [-0.15, -0.1) is 5.10 Å². The summed E-state index contributed by atoms with van der Waals surface area (Å²) in [6.45, 7) is 9.11.